The Kier molecular flexibility index (Phi) is 5.32. The van der Waals surface area contributed by atoms with E-state index in [1.165, 1.54) is 12.1 Å². The molecule has 0 aromatic heterocycles. The fraction of sp³-hybridized carbons (Fsp3) is 0.500. The van der Waals surface area contributed by atoms with E-state index in [0.29, 0.717) is 10.6 Å². The van der Waals surface area contributed by atoms with Gasteiger partial charge in [-0.25, -0.2) is 4.39 Å². The van der Waals surface area contributed by atoms with E-state index in [0.717, 1.165) is 0 Å². The Bertz CT molecular complexity index is 457. The third-order valence-electron chi connectivity index (χ3n) is 2.50. The molecule has 2 N–H and O–H groups in total. The maximum Gasteiger partial charge on any atom is 0.237 e. The Labute approximate surface area is 118 Å². The van der Waals surface area contributed by atoms with Crippen molar-refractivity contribution in [2.24, 2.45) is 0 Å². The first-order valence-electron chi connectivity index (χ1n) is 6.18. The Morgan fingerprint density at radius 1 is 1.42 bits per heavy atom. The topological polar surface area (TPSA) is 41.1 Å². The Morgan fingerprint density at radius 3 is 2.63 bits per heavy atom. The maximum atomic E-state index is 13.5. The molecular formula is C14H20ClFN2O. The number of benzene rings is 1. The fourth-order valence-electron chi connectivity index (χ4n) is 1.51. The minimum Gasteiger partial charge on any atom is -0.350 e. The molecule has 0 aliphatic rings. The van der Waals surface area contributed by atoms with Gasteiger partial charge in [-0.2, -0.15) is 0 Å². The standard InChI is InChI=1S/C14H20ClFN2O/c1-9(13(19)18-14(2,3)4)17-8-10-7-11(15)5-6-12(10)16/h5-7,9,17H,8H2,1-4H3,(H,18,19). The van der Waals surface area contributed by atoms with Crippen LogP contribution in [0.15, 0.2) is 18.2 Å². The highest BCUT2D eigenvalue weighted by molar-refractivity contribution is 6.30. The van der Waals surface area contributed by atoms with Gasteiger partial charge in [0.1, 0.15) is 5.82 Å². The van der Waals surface area contributed by atoms with Crippen molar-refractivity contribution < 1.29 is 9.18 Å². The van der Waals surface area contributed by atoms with Gasteiger partial charge < -0.3 is 10.6 Å². The Morgan fingerprint density at radius 2 is 2.05 bits per heavy atom. The number of carbonyl (C=O) groups is 1. The van der Waals surface area contributed by atoms with Gasteiger partial charge in [0.2, 0.25) is 5.91 Å². The largest absolute Gasteiger partial charge is 0.350 e. The molecule has 0 fully saturated rings. The zero-order chi connectivity index (χ0) is 14.6. The van der Waals surface area contributed by atoms with Crippen molar-refractivity contribution in [2.45, 2.75) is 45.8 Å². The van der Waals surface area contributed by atoms with Gasteiger partial charge in [0, 0.05) is 22.7 Å². The van der Waals surface area contributed by atoms with Gasteiger partial charge in [-0.1, -0.05) is 11.6 Å². The van der Waals surface area contributed by atoms with Crippen LogP contribution in [0.1, 0.15) is 33.3 Å². The van der Waals surface area contributed by atoms with Gasteiger partial charge in [-0.05, 0) is 45.9 Å². The summed E-state index contributed by atoms with van der Waals surface area (Å²) in [4.78, 5) is 11.8. The second-order valence-corrected chi connectivity index (χ2v) is 6.01. The summed E-state index contributed by atoms with van der Waals surface area (Å²) in [6.45, 7) is 7.73. The van der Waals surface area contributed by atoms with Crippen LogP contribution in [-0.4, -0.2) is 17.5 Å². The summed E-state index contributed by atoms with van der Waals surface area (Å²) >= 11 is 5.81. The zero-order valence-electron chi connectivity index (χ0n) is 11.7. The molecule has 0 aliphatic carbocycles. The lowest BCUT2D eigenvalue weighted by Crippen LogP contribution is -2.49. The van der Waals surface area contributed by atoms with Crippen LogP contribution in [0, 0.1) is 5.82 Å². The number of carbonyl (C=O) groups excluding carboxylic acids is 1. The van der Waals surface area contributed by atoms with E-state index in [4.69, 9.17) is 11.6 Å². The van der Waals surface area contributed by atoms with Crippen molar-refractivity contribution in [3.05, 3.63) is 34.6 Å². The summed E-state index contributed by atoms with van der Waals surface area (Å²) in [5.74, 6) is -0.449. The number of hydrogen-bond acceptors (Lipinski definition) is 2. The van der Waals surface area contributed by atoms with Gasteiger partial charge in [-0.15, -0.1) is 0 Å². The predicted octanol–water partition coefficient (Wildman–Crippen LogP) is 2.87. The number of nitrogens with one attached hydrogen (secondary N) is 2. The van der Waals surface area contributed by atoms with Gasteiger partial charge in [0.25, 0.3) is 0 Å². The van der Waals surface area contributed by atoms with Crippen LogP contribution < -0.4 is 10.6 Å². The molecule has 1 amide bonds. The van der Waals surface area contributed by atoms with Crippen molar-refractivity contribution >= 4 is 17.5 Å². The average Bonchev–Trinajstić information content (AvgIpc) is 2.27. The lowest BCUT2D eigenvalue weighted by Gasteiger charge is -2.23. The van der Waals surface area contributed by atoms with Crippen LogP contribution in [0.2, 0.25) is 5.02 Å². The van der Waals surface area contributed by atoms with Crippen LogP contribution in [0.5, 0.6) is 0 Å². The van der Waals surface area contributed by atoms with E-state index in [1.807, 2.05) is 20.8 Å². The third-order valence-corrected chi connectivity index (χ3v) is 2.73. The van der Waals surface area contributed by atoms with Crippen LogP contribution >= 0.6 is 11.6 Å². The van der Waals surface area contributed by atoms with Crippen molar-refractivity contribution in [1.29, 1.82) is 0 Å². The highest BCUT2D eigenvalue weighted by Crippen LogP contribution is 2.14. The van der Waals surface area contributed by atoms with E-state index in [1.54, 1.807) is 13.0 Å². The molecular weight excluding hydrogens is 267 g/mol. The van der Waals surface area contributed by atoms with Gasteiger partial charge in [0.15, 0.2) is 0 Å². The smallest absolute Gasteiger partial charge is 0.237 e. The van der Waals surface area contributed by atoms with Crippen molar-refractivity contribution in [3.63, 3.8) is 0 Å². The number of amides is 1. The predicted molar refractivity (Wildman–Crippen MR) is 75.6 cm³/mol. The molecule has 3 nitrogen and oxygen atoms in total. The van der Waals surface area contributed by atoms with Crippen LogP contribution in [-0.2, 0) is 11.3 Å². The van der Waals surface area contributed by atoms with Crippen molar-refractivity contribution in [3.8, 4) is 0 Å². The van der Waals surface area contributed by atoms with Crippen molar-refractivity contribution in [1.82, 2.24) is 10.6 Å². The maximum absolute atomic E-state index is 13.5. The normalized spacial score (nSPS) is 13.2. The number of halogens is 2. The summed E-state index contributed by atoms with van der Waals surface area (Å²) in [6, 6.07) is 3.96. The molecule has 1 aromatic rings. The molecule has 1 aromatic carbocycles. The van der Waals surface area contributed by atoms with E-state index in [9.17, 15) is 9.18 Å². The summed E-state index contributed by atoms with van der Waals surface area (Å²) in [5.41, 5.74) is 0.164. The van der Waals surface area contributed by atoms with Gasteiger partial charge in [-0.3, -0.25) is 4.79 Å². The Hall–Kier alpha value is -1.13. The summed E-state index contributed by atoms with van der Waals surface area (Å²) in [7, 11) is 0. The first-order chi connectivity index (χ1) is 8.69. The highest BCUT2D eigenvalue weighted by Gasteiger charge is 2.19. The third kappa shape index (κ3) is 5.57. The average molecular weight is 287 g/mol. The molecule has 1 atom stereocenters. The first kappa shape index (κ1) is 15.9. The van der Waals surface area contributed by atoms with Crippen LogP contribution in [0.3, 0.4) is 0 Å². The molecule has 1 rings (SSSR count). The second-order valence-electron chi connectivity index (χ2n) is 5.58. The van der Waals surface area contributed by atoms with Crippen LogP contribution in [0.4, 0.5) is 4.39 Å². The highest BCUT2D eigenvalue weighted by atomic mass is 35.5. The molecule has 5 heteroatoms. The van der Waals surface area contributed by atoms with E-state index in [2.05, 4.69) is 10.6 Å². The molecule has 0 saturated heterocycles. The zero-order valence-corrected chi connectivity index (χ0v) is 12.4. The van der Waals surface area contributed by atoms with E-state index in [-0.39, 0.29) is 23.8 Å². The molecule has 106 valence electrons. The van der Waals surface area contributed by atoms with Gasteiger partial charge >= 0.3 is 0 Å². The lowest BCUT2D eigenvalue weighted by atomic mass is 10.1. The van der Waals surface area contributed by atoms with Crippen LogP contribution in [0.25, 0.3) is 0 Å². The molecule has 0 aliphatic heterocycles. The Balaban J connectivity index is 2.56. The molecule has 0 spiro atoms. The van der Waals surface area contributed by atoms with E-state index >= 15 is 0 Å². The molecule has 19 heavy (non-hydrogen) atoms. The fourth-order valence-corrected chi connectivity index (χ4v) is 1.71. The monoisotopic (exact) mass is 286 g/mol. The molecule has 0 heterocycles. The summed E-state index contributed by atoms with van der Waals surface area (Å²) < 4.78 is 13.5. The molecule has 0 radical (unpaired) electrons. The quantitative estimate of drug-likeness (QED) is 0.894. The SMILES string of the molecule is CC(NCc1cc(Cl)ccc1F)C(=O)NC(C)(C)C. The summed E-state index contributed by atoms with van der Waals surface area (Å²) in [6.07, 6.45) is 0. The number of hydrogen-bond donors (Lipinski definition) is 2. The summed E-state index contributed by atoms with van der Waals surface area (Å²) in [5, 5.41) is 6.32. The lowest BCUT2D eigenvalue weighted by molar-refractivity contribution is -0.124. The van der Waals surface area contributed by atoms with E-state index < -0.39 is 6.04 Å². The molecule has 0 saturated carbocycles. The molecule has 0 bridgehead atoms. The minimum absolute atomic E-state index is 0.116. The molecule has 1 unspecified atom stereocenters. The second kappa shape index (κ2) is 6.35. The number of rotatable bonds is 4. The minimum atomic E-state index is -0.405. The van der Waals surface area contributed by atoms with Gasteiger partial charge in [0.05, 0.1) is 6.04 Å². The van der Waals surface area contributed by atoms with Crippen molar-refractivity contribution in [2.75, 3.05) is 0 Å². The first-order valence-corrected chi connectivity index (χ1v) is 6.56.